The third-order valence-electron chi connectivity index (χ3n) is 13.5. The first kappa shape index (κ1) is 56.3. The summed E-state index contributed by atoms with van der Waals surface area (Å²) in [5.41, 5.74) is 7.78. The summed E-state index contributed by atoms with van der Waals surface area (Å²) in [6.07, 6.45) is 64.2. The molecule has 2 N–H and O–H groups in total. The van der Waals surface area contributed by atoms with Crippen LogP contribution in [0.2, 0.25) is 0 Å². The van der Waals surface area contributed by atoms with Crippen molar-refractivity contribution in [3.8, 4) is 0 Å². The lowest BCUT2D eigenvalue weighted by Crippen LogP contribution is -2.52. The second-order valence-electron chi connectivity index (χ2n) is 19.1. The lowest BCUT2D eigenvalue weighted by molar-refractivity contribution is 0.117. The molecule has 0 aromatic heterocycles. The van der Waals surface area contributed by atoms with Crippen molar-refractivity contribution >= 4 is 12.4 Å². The normalized spacial score (nSPS) is 12.1. The largest absolute Gasteiger partial charge is 0.325 e. The number of hydrogen-bond donors (Lipinski definition) is 1. The fourth-order valence-corrected chi connectivity index (χ4v) is 9.08. The van der Waals surface area contributed by atoms with Crippen LogP contribution in [0.3, 0.4) is 0 Å². The molecule has 0 amide bonds. The van der Waals surface area contributed by atoms with Crippen molar-refractivity contribution < 1.29 is 0 Å². The predicted molar refractivity (Wildman–Crippen MR) is 253 cm³/mol. The van der Waals surface area contributed by atoms with Crippen LogP contribution in [0.1, 0.15) is 324 Å². The minimum atomic E-state index is 0. The van der Waals surface area contributed by atoms with Gasteiger partial charge in [-0.1, -0.05) is 304 Å². The van der Waals surface area contributed by atoms with Crippen molar-refractivity contribution in [2.24, 2.45) is 11.1 Å². The topological polar surface area (TPSA) is 26.0 Å². The van der Waals surface area contributed by atoms with Crippen molar-refractivity contribution in [3.05, 3.63) is 0 Å². The van der Waals surface area contributed by atoms with Gasteiger partial charge in [0.15, 0.2) is 0 Å². The molecule has 0 aliphatic carbocycles. The molecule has 0 aromatic carbocycles. The maximum atomic E-state index is 7.52. The van der Waals surface area contributed by atoms with E-state index in [0.717, 1.165) is 0 Å². The van der Waals surface area contributed by atoms with Gasteiger partial charge in [-0.05, 0) is 24.7 Å². The van der Waals surface area contributed by atoms with Crippen molar-refractivity contribution in [2.75, 3.05) is 0 Å². The van der Waals surface area contributed by atoms with Gasteiger partial charge in [-0.15, -0.1) is 12.4 Å². The molecule has 0 atom stereocenters. The van der Waals surface area contributed by atoms with E-state index in [1.165, 1.54) is 289 Å². The van der Waals surface area contributed by atoms with Gasteiger partial charge in [0.05, 0.1) is 0 Å². The Labute approximate surface area is 351 Å². The Hall–Kier alpha value is 0.250. The first-order valence-corrected chi connectivity index (χ1v) is 25.7. The van der Waals surface area contributed by atoms with E-state index in [0.29, 0.717) is 0 Å². The Morgan fingerprint density at radius 3 is 0.574 bits per heavy atom. The third-order valence-corrected chi connectivity index (χ3v) is 13.5. The summed E-state index contributed by atoms with van der Waals surface area (Å²) < 4.78 is 0. The summed E-state index contributed by atoms with van der Waals surface area (Å²) in [7, 11) is 0. The van der Waals surface area contributed by atoms with E-state index in [9.17, 15) is 0 Å². The van der Waals surface area contributed by atoms with E-state index in [-0.39, 0.29) is 23.4 Å². The first-order chi connectivity index (χ1) is 25.9. The maximum Gasteiger partial charge on any atom is 0.0206 e. The molecule has 2 heteroatoms. The number of halogens is 1. The Morgan fingerprint density at radius 2 is 0.389 bits per heavy atom. The summed E-state index contributed by atoms with van der Waals surface area (Å²) >= 11 is 0. The smallest absolute Gasteiger partial charge is 0.0206 e. The molecule has 0 fully saturated rings. The summed E-state index contributed by atoms with van der Waals surface area (Å²) in [5.74, 6) is 0. The summed E-state index contributed by atoms with van der Waals surface area (Å²) in [4.78, 5) is 0. The monoisotopic (exact) mass is 782 g/mol. The highest BCUT2D eigenvalue weighted by molar-refractivity contribution is 5.85. The molecular formula is C52H108ClN. The Bertz CT molecular complexity index is 641. The molecule has 0 spiro atoms. The molecule has 0 radical (unpaired) electrons. The van der Waals surface area contributed by atoms with E-state index in [1.54, 1.807) is 0 Å². The van der Waals surface area contributed by atoms with Gasteiger partial charge >= 0.3 is 0 Å². The molecule has 0 saturated carbocycles. The molecule has 0 bridgehead atoms. The summed E-state index contributed by atoms with van der Waals surface area (Å²) in [5, 5.41) is 0. The molecule has 1 nitrogen and oxygen atoms in total. The minimum absolute atomic E-state index is 0. The maximum absolute atomic E-state index is 7.52. The van der Waals surface area contributed by atoms with E-state index in [1.807, 2.05) is 0 Å². The molecule has 0 aliphatic heterocycles. The van der Waals surface area contributed by atoms with Gasteiger partial charge in [0, 0.05) is 5.54 Å². The lowest BCUT2D eigenvalue weighted by atomic mass is 9.65. The number of rotatable bonds is 46. The van der Waals surface area contributed by atoms with Crippen LogP contribution in [0.4, 0.5) is 0 Å². The zero-order chi connectivity index (χ0) is 38.8. The third kappa shape index (κ3) is 37.8. The van der Waals surface area contributed by atoms with Crippen LogP contribution >= 0.6 is 12.4 Å². The molecule has 0 saturated heterocycles. The van der Waals surface area contributed by atoms with Crippen molar-refractivity contribution in [3.63, 3.8) is 0 Å². The van der Waals surface area contributed by atoms with Crippen LogP contribution in [0.25, 0.3) is 0 Å². The lowest BCUT2D eigenvalue weighted by Gasteiger charge is -2.45. The Kier molecular flexibility index (Phi) is 46.3. The average Bonchev–Trinajstić information content (AvgIpc) is 3.15. The quantitative estimate of drug-likeness (QED) is 0.0612. The Morgan fingerprint density at radius 1 is 0.241 bits per heavy atom. The summed E-state index contributed by atoms with van der Waals surface area (Å²) in [6, 6.07) is 0. The minimum Gasteiger partial charge on any atom is -0.325 e. The van der Waals surface area contributed by atoms with Gasteiger partial charge in [0.1, 0.15) is 0 Å². The van der Waals surface area contributed by atoms with Gasteiger partial charge in [0.25, 0.3) is 0 Å². The van der Waals surface area contributed by atoms with E-state index >= 15 is 0 Å². The molecule has 0 heterocycles. The molecular weight excluding hydrogens is 674 g/mol. The molecule has 328 valence electrons. The van der Waals surface area contributed by atoms with Crippen LogP contribution < -0.4 is 5.73 Å². The fraction of sp³-hybridized carbons (Fsp3) is 1.00. The number of nitrogens with two attached hydrogens (primary N) is 1. The zero-order valence-corrected chi connectivity index (χ0v) is 39.6. The fourth-order valence-electron chi connectivity index (χ4n) is 9.08. The van der Waals surface area contributed by atoms with Crippen molar-refractivity contribution in [2.45, 2.75) is 329 Å². The van der Waals surface area contributed by atoms with Crippen LogP contribution in [0.15, 0.2) is 0 Å². The second kappa shape index (κ2) is 44.4. The highest BCUT2D eigenvalue weighted by atomic mass is 35.5. The first-order valence-electron chi connectivity index (χ1n) is 25.7. The molecule has 0 aromatic rings. The SMILES string of the molecule is CCCCCCCCCCCCCCCCC(C)(C)C(N)(CCCCCCCCCCCCCCCC)CCCCCCCCCCCCCCCC.Cl. The van der Waals surface area contributed by atoms with Crippen LogP contribution in [-0.4, -0.2) is 5.54 Å². The van der Waals surface area contributed by atoms with Gasteiger partial charge in [-0.2, -0.15) is 0 Å². The molecule has 0 unspecified atom stereocenters. The van der Waals surface area contributed by atoms with Gasteiger partial charge in [0.2, 0.25) is 0 Å². The zero-order valence-electron chi connectivity index (χ0n) is 38.8. The predicted octanol–water partition coefficient (Wildman–Crippen LogP) is 19.7. The van der Waals surface area contributed by atoms with Crippen LogP contribution in [0, 0.1) is 5.41 Å². The van der Waals surface area contributed by atoms with E-state index < -0.39 is 0 Å². The standard InChI is InChI=1S/C52H107N.ClH/c1-6-9-12-15-18-21-24-27-30-33-36-39-42-45-48-51(4,5)52(53,49-46-43-40-37-34-31-28-25-22-19-16-13-10-7-2)50-47-44-41-38-35-32-29-26-23-20-17-14-11-8-3;/h6-50,53H2,1-5H3;1H. The number of hydrogen-bond acceptors (Lipinski definition) is 1. The average molecular weight is 783 g/mol. The van der Waals surface area contributed by atoms with Crippen LogP contribution in [0.5, 0.6) is 0 Å². The molecule has 0 aliphatic rings. The highest BCUT2D eigenvalue weighted by Crippen LogP contribution is 2.41. The Balaban J connectivity index is 0. The van der Waals surface area contributed by atoms with Gasteiger partial charge in [-0.3, -0.25) is 0 Å². The summed E-state index contributed by atoms with van der Waals surface area (Å²) in [6.45, 7) is 12.0. The second-order valence-corrected chi connectivity index (χ2v) is 19.1. The molecule has 54 heavy (non-hydrogen) atoms. The molecule has 0 rings (SSSR count). The van der Waals surface area contributed by atoms with Crippen LogP contribution in [-0.2, 0) is 0 Å². The van der Waals surface area contributed by atoms with Crippen molar-refractivity contribution in [1.82, 2.24) is 0 Å². The number of unbranched alkanes of at least 4 members (excludes halogenated alkanes) is 39. The van der Waals surface area contributed by atoms with Crippen molar-refractivity contribution in [1.29, 1.82) is 0 Å². The van der Waals surface area contributed by atoms with E-state index in [4.69, 9.17) is 5.73 Å². The van der Waals surface area contributed by atoms with Gasteiger partial charge < -0.3 is 5.73 Å². The highest BCUT2D eigenvalue weighted by Gasteiger charge is 2.39. The van der Waals surface area contributed by atoms with Gasteiger partial charge in [-0.25, -0.2) is 0 Å². The van der Waals surface area contributed by atoms with E-state index in [2.05, 4.69) is 34.6 Å².